The quantitative estimate of drug-likeness (QED) is 0.158. The van der Waals surface area contributed by atoms with Crippen LogP contribution in [-0.4, -0.2) is 6.61 Å². The lowest BCUT2D eigenvalue weighted by Crippen LogP contribution is -2.22. The van der Waals surface area contributed by atoms with Gasteiger partial charge in [-0.2, -0.15) is 17.6 Å². The van der Waals surface area contributed by atoms with Crippen molar-refractivity contribution in [2.75, 3.05) is 0 Å². The molecule has 0 saturated heterocycles. The van der Waals surface area contributed by atoms with Crippen molar-refractivity contribution in [2.45, 2.75) is 83.9 Å². The zero-order valence-corrected chi connectivity index (χ0v) is 22.6. The SMILES string of the molecule is CCCCCC1CCC(CCc2ccc(C(F)(F)Oc3ccccc3-c3ccc(OC(F)F)cc3)cc2)CC1. The maximum absolute atomic E-state index is 15.2. The molecule has 210 valence electrons. The maximum Gasteiger partial charge on any atom is 0.426 e. The molecule has 1 aliphatic carbocycles. The Kier molecular flexibility index (Phi) is 10.3. The van der Waals surface area contributed by atoms with Crippen molar-refractivity contribution < 1.29 is 27.0 Å². The average Bonchev–Trinajstić information content (AvgIpc) is 2.93. The third-order valence-corrected chi connectivity index (χ3v) is 7.83. The van der Waals surface area contributed by atoms with Gasteiger partial charge in [0.2, 0.25) is 0 Å². The van der Waals surface area contributed by atoms with Gasteiger partial charge in [0.25, 0.3) is 0 Å². The van der Waals surface area contributed by atoms with Crippen molar-refractivity contribution in [2.24, 2.45) is 11.8 Å². The molecule has 2 nitrogen and oxygen atoms in total. The van der Waals surface area contributed by atoms with Crippen LogP contribution in [-0.2, 0) is 12.5 Å². The van der Waals surface area contributed by atoms with E-state index in [0.717, 1.165) is 30.2 Å². The van der Waals surface area contributed by atoms with Gasteiger partial charge in [-0.25, -0.2) is 0 Å². The Balaban J connectivity index is 1.33. The van der Waals surface area contributed by atoms with Gasteiger partial charge in [0.15, 0.2) is 0 Å². The highest BCUT2D eigenvalue weighted by Crippen LogP contribution is 2.38. The molecular formula is C33H38F4O2. The molecule has 3 aromatic rings. The van der Waals surface area contributed by atoms with Crippen molar-refractivity contribution in [3.63, 3.8) is 0 Å². The number of ether oxygens (including phenoxy) is 2. The van der Waals surface area contributed by atoms with Crippen LogP contribution < -0.4 is 9.47 Å². The van der Waals surface area contributed by atoms with Crippen LogP contribution in [0.5, 0.6) is 11.5 Å². The summed E-state index contributed by atoms with van der Waals surface area (Å²) in [5, 5.41) is 0. The first kappa shape index (κ1) is 29.0. The predicted molar refractivity (Wildman–Crippen MR) is 147 cm³/mol. The van der Waals surface area contributed by atoms with E-state index in [2.05, 4.69) is 11.7 Å². The molecule has 6 heteroatoms. The molecule has 1 saturated carbocycles. The summed E-state index contributed by atoms with van der Waals surface area (Å²) in [6.45, 7) is -0.686. The number of hydrogen-bond donors (Lipinski definition) is 0. The number of para-hydroxylation sites is 1. The van der Waals surface area contributed by atoms with Crippen LogP contribution in [0.3, 0.4) is 0 Å². The van der Waals surface area contributed by atoms with Gasteiger partial charge in [-0.15, -0.1) is 0 Å². The van der Waals surface area contributed by atoms with Crippen LogP contribution in [0.4, 0.5) is 17.6 Å². The van der Waals surface area contributed by atoms with Crippen LogP contribution in [0, 0.1) is 11.8 Å². The molecule has 0 radical (unpaired) electrons. The fourth-order valence-electron chi connectivity index (χ4n) is 5.54. The van der Waals surface area contributed by atoms with E-state index in [-0.39, 0.29) is 17.1 Å². The second-order valence-corrected chi connectivity index (χ2v) is 10.6. The largest absolute Gasteiger partial charge is 0.435 e. The van der Waals surface area contributed by atoms with Gasteiger partial charge in [-0.3, -0.25) is 0 Å². The molecule has 0 heterocycles. The minimum atomic E-state index is -3.54. The Morgan fingerprint density at radius 1 is 0.795 bits per heavy atom. The van der Waals surface area contributed by atoms with Crippen LogP contribution in [0.15, 0.2) is 72.8 Å². The molecule has 4 rings (SSSR count). The highest BCUT2D eigenvalue weighted by atomic mass is 19.3. The molecule has 1 fully saturated rings. The molecule has 1 aliphatic rings. The molecule has 0 aliphatic heterocycles. The van der Waals surface area contributed by atoms with Gasteiger partial charge in [0.1, 0.15) is 11.5 Å². The first-order valence-corrected chi connectivity index (χ1v) is 14.1. The second-order valence-electron chi connectivity index (χ2n) is 10.6. The van der Waals surface area contributed by atoms with E-state index in [1.54, 1.807) is 30.3 Å². The topological polar surface area (TPSA) is 18.5 Å². The lowest BCUT2D eigenvalue weighted by molar-refractivity contribution is -0.185. The lowest BCUT2D eigenvalue weighted by Gasteiger charge is -2.28. The van der Waals surface area contributed by atoms with Crippen LogP contribution in [0.25, 0.3) is 11.1 Å². The highest BCUT2D eigenvalue weighted by molar-refractivity contribution is 5.71. The van der Waals surface area contributed by atoms with Crippen LogP contribution in [0.1, 0.15) is 75.8 Å². The number of benzene rings is 3. The number of unbranched alkanes of at least 4 members (excludes halogenated alkanes) is 2. The summed E-state index contributed by atoms with van der Waals surface area (Å²) in [7, 11) is 0. The van der Waals surface area contributed by atoms with Crippen molar-refractivity contribution in [3.8, 4) is 22.6 Å². The van der Waals surface area contributed by atoms with E-state index < -0.39 is 12.7 Å². The fourth-order valence-corrected chi connectivity index (χ4v) is 5.54. The van der Waals surface area contributed by atoms with Crippen LogP contribution >= 0.6 is 0 Å². The standard InChI is InChI=1S/C33H38F4O2/c1-2-3-4-7-24-10-12-25(13-11-24)14-15-26-16-20-28(21-17-26)33(36,37)39-31-9-6-5-8-30(31)27-18-22-29(23-19-27)38-32(34)35/h5-6,8-9,16-25,32H,2-4,7,10-15H2,1H3. The molecule has 0 spiro atoms. The summed E-state index contributed by atoms with van der Waals surface area (Å²) in [5.41, 5.74) is 1.83. The summed E-state index contributed by atoms with van der Waals surface area (Å²) in [6.07, 6.45) is 8.99. The Morgan fingerprint density at radius 2 is 1.44 bits per heavy atom. The second kappa shape index (κ2) is 13.9. The minimum Gasteiger partial charge on any atom is -0.435 e. The predicted octanol–water partition coefficient (Wildman–Crippen LogP) is 10.4. The van der Waals surface area contributed by atoms with Gasteiger partial charge in [0.05, 0.1) is 5.56 Å². The van der Waals surface area contributed by atoms with Crippen LogP contribution in [0.2, 0.25) is 0 Å². The van der Waals surface area contributed by atoms with E-state index in [1.165, 1.54) is 93.8 Å². The first-order chi connectivity index (χ1) is 18.8. The van der Waals surface area contributed by atoms with Crippen molar-refractivity contribution >= 4 is 0 Å². The molecule has 0 bridgehead atoms. The fraction of sp³-hybridized carbons (Fsp3) is 0.455. The van der Waals surface area contributed by atoms with Gasteiger partial charge in [0, 0.05) is 5.56 Å². The Labute approximate surface area is 229 Å². The summed E-state index contributed by atoms with van der Waals surface area (Å²) in [4.78, 5) is 0. The molecular weight excluding hydrogens is 504 g/mol. The van der Waals surface area contributed by atoms with Crippen molar-refractivity contribution in [3.05, 3.63) is 83.9 Å². The van der Waals surface area contributed by atoms with E-state index in [1.807, 2.05) is 0 Å². The smallest absolute Gasteiger partial charge is 0.426 e. The van der Waals surface area contributed by atoms with Gasteiger partial charge in [-0.1, -0.05) is 101 Å². The van der Waals surface area contributed by atoms with E-state index in [9.17, 15) is 8.78 Å². The summed E-state index contributed by atoms with van der Waals surface area (Å²) in [5.74, 6) is 1.61. The summed E-state index contributed by atoms with van der Waals surface area (Å²) >= 11 is 0. The van der Waals surface area contributed by atoms with Crippen molar-refractivity contribution in [1.29, 1.82) is 0 Å². The highest BCUT2D eigenvalue weighted by Gasteiger charge is 2.35. The molecule has 0 aromatic heterocycles. The molecule has 39 heavy (non-hydrogen) atoms. The monoisotopic (exact) mass is 542 g/mol. The third kappa shape index (κ3) is 8.48. The molecule has 0 amide bonds. The van der Waals surface area contributed by atoms with Gasteiger partial charge in [-0.05, 0) is 66.1 Å². The Bertz CT molecular complexity index is 1140. The third-order valence-electron chi connectivity index (χ3n) is 7.83. The number of alkyl halides is 4. The summed E-state index contributed by atoms with van der Waals surface area (Å²) in [6, 6.07) is 18.7. The number of rotatable bonds is 13. The average molecular weight is 543 g/mol. The van der Waals surface area contributed by atoms with E-state index in [0.29, 0.717) is 11.1 Å². The normalized spacial score (nSPS) is 17.8. The zero-order valence-electron chi connectivity index (χ0n) is 22.6. The van der Waals surface area contributed by atoms with Gasteiger partial charge >= 0.3 is 12.7 Å². The molecule has 3 aromatic carbocycles. The van der Waals surface area contributed by atoms with Gasteiger partial charge < -0.3 is 9.47 Å². The molecule has 0 atom stereocenters. The number of hydrogen-bond acceptors (Lipinski definition) is 2. The molecule has 0 unspecified atom stereocenters. The van der Waals surface area contributed by atoms with E-state index in [4.69, 9.17) is 4.74 Å². The zero-order chi connectivity index (χ0) is 27.7. The number of aryl methyl sites for hydroxylation is 1. The van der Waals surface area contributed by atoms with E-state index >= 15 is 8.78 Å². The molecule has 0 N–H and O–H groups in total. The number of halogens is 4. The maximum atomic E-state index is 15.2. The van der Waals surface area contributed by atoms with Crippen molar-refractivity contribution in [1.82, 2.24) is 0 Å². The minimum absolute atomic E-state index is 0.000554. The summed E-state index contributed by atoms with van der Waals surface area (Å²) < 4.78 is 64.8. The Hall–Kier alpha value is -3.02. The Morgan fingerprint density at radius 3 is 2.08 bits per heavy atom. The first-order valence-electron chi connectivity index (χ1n) is 14.1. The lowest BCUT2D eigenvalue weighted by atomic mass is 9.78.